The van der Waals surface area contributed by atoms with Crippen LogP contribution >= 0.6 is 23.2 Å². The fourth-order valence-electron chi connectivity index (χ4n) is 3.37. The fourth-order valence-corrected chi connectivity index (χ4v) is 3.90. The average molecular weight is 527 g/mol. The molecule has 4 rings (SSSR count). The lowest BCUT2D eigenvalue weighted by Gasteiger charge is -2.06. The molecule has 0 unspecified atom stereocenters. The van der Waals surface area contributed by atoms with Crippen molar-refractivity contribution >= 4 is 58.5 Å². The number of hydrazone groups is 1. The second-order valence-corrected chi connectivity index (χ2v) is 8.65. The van der Waals surface area contributed by atoms with Gasteiger partial charge in [0.15, 0.2) is 0 Å². The number of halogens is 2. The van der Waals surface area contributed by atoms with Crippen molar-refractivity contribution in [1.82, 2.24) is 20.1 Å². The predicted molar refractivity (Wildman–Crippen MR) is 135 cm³/mol. The van der Waals surface area contributed by atoms with Crippen LogP contribution < -0.4 is 16.1 Å². The Balaban J connectivity index is 1.30. The molecule has 0 saturated heterocycles. The molecule has 12 heteroatoms. The number of fused-ring (bicyclic) bond motifs is 1. The molecule has 36 heavy (non-hydrogen) atoms. The van der Waals surface area contributed by atoms with E-state index in [1.165, 1.54) is 24.4 Å². The van der Waals surface area contributed by atoms with Gasteiger partial charge in [0.2, 0.25) is 0 Å². The van der Waals surface area contributed by atoms with Gasteiger partial charge in [-0.2, -0.15) is 5.10 Å². The number of amides is 3. The molecule has 0 aliphatic rings. The molecule has 0 spiro atoms. The second-order valence-electron chi connectivity index (χ2n) is 7.78. The molecule has 0 saturated carbocycles. The smallest absolute Gasteiger partial charge is 0.313 e. The Morgan fingerprint density at radius 3 is 2.56 bits per heavy atom. The highest BCUT2D eigenvalue weighted by Gasteiger charge is 2.17. The molecular formula is C24H20Cl2N6O4. The molecular weight excluding hydrogens is 507 g/mol. The molecule has 3 heterocycles. The van der Waals surface area contributed by atoms with E-state index in [1.807, 2.05) is 25.3 Å². The summed E-state index contributed by atoms with van der Waals surface area (Å²) in [5.74, 6) is -1.47. The summed E-state index contributed by atoms with van der Waals surface area (Å²) in [6, 6.07) is 11.4. The summed E-state index contributed by atoms with van der Waals surface area (Å²) in [7, 11) is 0. The van der Waals surface area contributed by atoms with Gasteiger partial charge in [0.1, 0.15) is 22.9 Å². The molecule has 184 valence electrons. The monoisotopic (exact) mass is 526 g/mol. The van der Waals surface area contributed by atoms with Crippen molar-refractivity contribution in [2.75, 3.05) is 5.32 Å². The van der Waals surface area contributed by atoms with Gasteiger partial charge < -0.3 is 15.1 Å². The summed E-state index contributed by atoms with van der Waals surface area (Å²) in [5, 5.41) is 9.44. The topological polar surface area (TPSA) is 130 Å². The molecule has 0 bridgehead atoms. The summed E-state index contributed by atoms with van der Waals surface area (Å²) in [6.45, 7) is 3.63. The van der Waals surface area contributed by atoms with Crippen LogP contribution in [-0.4, -0.2) is 33.3 Å². The number of nitrogens with zero attached hydrogens (tertiary/aromatic N) is 3. The number of imidazole rings is 1. The van der Waals surface area contributed by atoms with Crippen molar-refractivity contribution in [3.8, 4) is 0 Å². The van der Waals surface area contributed by atoms with Gasteiger partial charge in [0.25, 0.3) is 5.91 Å². The van der Waals surface area contributed by atoms with Gasteiger partial charge in [-0.1, -0.05) is 29.3 Å². The number of furan rings is 1. The van der Waals surface area contributed by atoms with E-state index in [2.05, 4.69) is 26.1 Å². The minimum atomic E-state index is -0.887. The molecule has 0 aliphatic heterocycles. The molecule has 4 aromatic rings. The summed E-state index contributed by atoms with van der Waals surface area (Å²) in [5.41, 5.74) is 5.36. The van der Waals surface area contributed by atoms with E-state index in [0.717, 1.165) is 5.56 Å². The molecule has 3 amide bonds. The number of carbonyl (C=O) groups is 3. The van der Waals surface area contributed by atoms with Crippen molar-refractivity contribution in [1.29, 1.82) is 0 Å². The lowest BCUT2D eigenvalue weighted by molar-refractivity contribution is -0.136. The minimum Gasteiger partial charge on any atom is -0.458 e. The Kier molecular flexibility index (Phi) is 7.37. The first-order valence-electron chi connectivity index (χ1n) is 10.6. The van der Waals surface area contributed by atoms with Crippen LogP contribution in [0.2, 0.25) is 10.0 Å². The number of benzene rings is 1. The van der Waals surface area contributed by atoms with Crippen molar-refractivity contribution < 1.29 is 18.8 Å². The third-order valence-electron chi connectivity index (χ3n) is 4.95. The van der Waals surface area contributed by atoms with Gasteiger partial charge in [-0.15, -0.1) is 0 Å². The Morgan fingerprint density at radius 1 is 1.06 bits per heavy atom. The highest BCUT2D eigenvalue weighted by atomic mass is 35.5. The number of aromatic nitrogens is 2. The molecule has 3 aromatic heterocycles. The van der Waals surface area contributed by atoms with Gasteiger partial charge in [-0.3, -0.25) is 18.8 Å². The Bertz CT molecular complexity index is 1490. The number of hydrogen-bond donors (Lipinski definition) is 3. The van der Waals surface area contributed by atoms with Crippen molar-refractivity contribution in [2.24, 2.45) is 5.10 Å². The number of carbonyl (C=O) groups excluding carboxylic acids is 3. The highest BCUT2D eigenvalue weighted by molar-refractivity contribution is 6.40. The molecule has 0 fully saturated rings. The standard InChI is InChI=1S/C24H20Cl2N6O4/c1-13-3-6-20-29-14(2)21(32(20)12-13)22(33)31-28-11-19-5-4-18(36-19)10-27-23(34)24(35)30-17-8-15(25)7-16(26)9-17/h3-9,11-12H,10H2,1-2H3,(H,27,34)(H,30,35)(H,31,33)/b28-11+. The van der Waals surface area contributed by atoms with Gasteiger partial charge >= 0.3 is 11.8 Å². The van der Waals surface area contributed by atoms with E-state index < -0.39 is 17.7 Å². The van der Waals surface area contributed by atoms with E-state index in [1.54, 1.807) is 23.5 Å². The number of anilines is 1. The third kappa shape index (κ3) is 5.91. The van der Waals surface area contributed by atoms with Gasteiger partial charge in [0, 0.05) is 21.9 Å². The van der Waals surface area contributed by atoms with E-state index in [4.69, 9.17) is 27.6 Å². The van der Waals surface area contributed by atoms with Crippen molar-refractivity contribution in [3.63, 3.8) is 0 Å². The van der Waals surface area contributed by atoms with Crippen LogP contribution in [0.15, 0.2) is 58.2 Å². The molecule has 10 nitrogen and oxygen atoms in total. The maximum atomic E-state index is 12.6. The zero-order valence-electron chi connectivity index (χ0n) is 19.1. The maximum Gasteiger partial charge on any atom is 0.313 e. The maximum absolute atomic E-state index is 12.6. The molecule has 3 N–H and O–H groups in total. The fraction of sp³-hybridized carbons (Fsp3) is 0.125. The van der Waals surface area contributed by atoms with Crippen LogP contribution in [0.5, 0.6) is 0 Å². The highest BCUT2D eigenvalue weighted by Crippen LogP contribution is 2.22. The largest absolute Gasteiger partial charge is 0.458 e. The van der Waals surface area contributed by atoms with E-state index >= 15 is 0 Å². The molecule has 0 aliphatic carbocycles. The molecule has 0 radical (unpaired) electrons. The predicted octanol–water partition coefficient (Wildman–Crippen LogP) is 3.87. The number of hydrogen-bond acceptors (Lipinski definition) is 6. The average Bonchev–Trinajstić information content (AvgIpc) is 3.39. The van der Waals surface area contributed by atoms with Crippen molar-refractivity contribution in [2.45, 2.75) is 20.4 Å². The first-order chi connectivity index (χ1) is 17.2. The first kappa shape index (κ1) is 25.0. The lowest BCUT2D eigenvalue weighted by atomic mass is 10.3. The summed E-state index contributed by atoms with van der Waals surface area (Å²) in [6.07, 6.45) is 3.15. The van der Waals surface area contributed by atoms with Gasteiger partial charge in [-0.25, -0.2) is 10.4 Å². The zero-order chi connectivity index (χ0) is 25.8. The van der Waals surface area contributed by atoms with Gasteiger partial charge in [-0.05, 0) is 55.8 Å². The Morgan fingerprint density at radius 2 is 1.81 bits per heavy atom. The van der Waals surface area contributed by atoms with Crippen LogP contribution in [0.4, 0.5) is 5.69 Å². The van der Waals surface area contributed by atoms with Crippen LogP contribution in [-0.2, 0) is 16.1 Å². The quantitative estimate of drug-likeness (QED) is 0.199. The van der Waals surface area contributed by atoms with E-state index in [0.29, 0.717) is 44.3 Å². The summed E-state index contributed by atoms with van der Waals surface area (Å²) < 4.78 is 7.25. The van der Waals surface area contributed by atoms with E-state index in [9.17, 15) is 14.4 Å². The first-order valence-corrected chi connectivity index (χ1v) is 11.4. The number of aryl methyl sites for hydroxylation is 2. The Hall–Kier alpha value is -4.15. The van der Waals surface area contributed by atoms with Crippen molar-refractivity contribution in [3.05, 3.63) is 87.2 Å². The summed E-state index contributed by atoms with van der Waals surface area (Å²) >= 11 is 11.8. The lowest BCUT2D eigenvalue weighted by Crippen LogP contribution is -2.34. The second kappa shape index (κ2) is 10.6. The van der Waals surface area contributed by atoms with E-state index in [-0.39, 0.29) is 6.54 Å². The normalized spacial score (nSPS) is 11.1. The molecule has 1 aromatic carbocycles. The number of nitrogens with one attached hydrogen (secondary N) is 3. The zero-order valence-corrected chi connectivity index (χ0v) is 20.6. The van der Waals surface area contributed by atoms with Crippen LogP contribution in [0.1, 0.15) is 33.3 Å². The molecule has 0 atom stereocenters. The minimum absolute atomic E-state index is 0.0386. The van der Waals surface area contributed by atoms with Gasteiger partial charge in [0.05, 0.1) is 18.5 Å². The number of rotatable bonds is 6. The summed E-state index contributed by atoms with van der Waals surface area (Å²) in [4.78, 5) is 41.2. The van der Waals surface area contributed by atoms with Crippen LogP contribution in [0.3, 0.4) is 0 Å². The van der Waals surface area contributed by atoms with Crippen LogP contribution in [0.25, 0.3) is 5.65 Å². The third-order valence-corrected chi connectivity index (χ3v) is 5.38. The SMILES string of the molecule is Cc1ccc2nc(C)c(C(=O)N/N=C/c3ccc(CNC(=O)C(=O)Nc4cc(Cl)cc(Cl)c4)o3)n2c1. The van der Waals surface area contributed by atoms with Crippen LogP contribution in [0, 0.1) is 13.8 Å². The number of pyridine rings is 1. The Labute approximate surface area is 215 Å².